The average molecular weight is 1120 g/mol. The van der Waals surface area contributed by atoms with Crippen LogP contribution in [0, 0.1) is 35.5 Å². The highest BCUT2D eigenvalue weighted by atomic mass is 16.3. The van der Waals surface area contributed by atoms with Gasteiger partial charge in [-0.05, 0) is 83.0 Å². The van der Waals surface area contributed by atoms with E-state index in [4.69, 9.17) is 5.73 Å². The number of aliphatic hydroxyl groups is 1. The van der Waals surface area contributed by atoms with Crippen molar-refractivity contribution in [1.29, 1.82) is 0 Å². The van der Waals surface area contributed by atoms with Gasteiger partial charge in [-0.25, -0.2) is 0 Å². The molecular formula is C56H101N11O12. The summed E-state index contributed by atoms with van der Waals surface area (Å²) in [6, 6.07) is -9.54. The fourth-order valence-electron chi connectivity index (χ4n) is 8.91. The molecule has 0 spiro atoms. The number of hydrogen-bond acceptors (Lipinski definition) is 12. The van der Waals surface area contributed by atoms with Gasteiger partial charge in [-0.1, -0.05) is 88.3 Å². The summed E-state index contributed by atoms with van der Waals surface area (Å²) in [4.78, 5) is 159. The van der Waals surface area contributed by atoms with Crippen LogP contribution in [-0.2, 0) is 52.7 Å². The molecule has 0 aromatic heterocycles. The molecule has 0 bridgehead atoms. The zero-order chi connectivity index (χ0) is 61.8. The zero-order valence-electron chi connectivity index (χ0n) is 51.7. The van der Waals surface area contributed by atoms with Crippen molar-refractivity contribution < 1.29 is 57.8 Å². The van der Waals surface area contributed by atoms with Crippen molar-refractivity contribution in [3.05, 3.63) is 12.2 Å². The second-order valence-corrected chi connectivity index (χ2v) is 23.0. The molecular weight excluding hydrogens is 1020 g/mol. The van der Waals surface area contributed by atoms with Crippen molar-refractivity contribution in [2.24, 2.45) is 41.2 Å². The van der Waals surface area contributed by atoms with Crippen LogP contribution >= 0.6 is 0 Å². The minimum absolute atomic E-state index is 0.0562. The Balaban J connectivity index is 6.93. The second-order valence-electron chi connectivity index (χ2n) is 23.0. The van der Waals surface area contributed by atoms with E-state index in [1.165, 1.54) is 89.7 Å². The third kappa shape index (κ3) is 21.5. The standard InChI is InChI=1S/C56H101N11O12/c1-23-25-26-35(11)47(70)46(50(73)60-40(24-2)53(76)62(17)30-44(69)63(18)39(15)48(57)71)67(22)56(79)45(34(9)10)66(21)55(78)42(28-32(5)6)65(20)54(77)41(27-31(3)4)64(19)52(75)38(14)59-49(72)37(13)58-43(68)29-61(16)51(74)36(12)33(7)8/h23,25,31-42,45-47,70H,24,26-30H2,1-22H3,(H2,57,71)(H,58,68)(H,59,72)(H,60,73)/b25-23-/t35-,36-,37-,38+,39+,40+,41-,42-,45-,46?,47+/m1/s1. The first kappa shape index (κ1) is 72.9. The molecule has 0 aliphatic rings. The molecule has 0 saturated carbocycles. The first-order valence-corrected chi connectivity index (χ1v) is 27.6. The van der Waals surface area contributed by atoms with Crippen LogP contribution in [0.1, 0.15) is 130 Å². The lowest BCUT2D eigenvalue weighted by molar-refractivity contribution is -0.157. The lowest BCUT2D eigenvalue weighted by atomic mass is 9.91. The molecule has 0 rings (SSSR count). The van der Waals surface area contributed by atoms with Gasteiger partial charge in [0, 0.05) is 55.3 Å². The van der Waals surface area contributed by atoms with Crippen LogP contribution in [0.15, 0.2) is 12.2 Å². The summed E-state index contributed by atoms with van der Waals surface area (Å²) in [6.45, 7) is 25.2. The number of carbonyl (C=O) groups excluding carboxylic acids is 11. The highest BCUT2D eigenvalue weighted by Gasteiger charge is 2.45. The summed E-state index contributed by atoms with van der Waals surface area (Å²) in [5, 5.41) is 19.8. The number of allylic oxidation sites excluding steroid dienone is 2. The van der Waals surface area contributed by atoms with Crippen LogP contribution < -0.4 is 21.7 Å². The van der Waals surface area contributed by atoms with Crippen molar-refractivity contribution in [3.63, 3.8) is 0 Å². The van der Waals surface area contributed by atoms with Gasteiger partial charge in [0.25, 0.3) is 0 Å². The third-order valence-corrected chi connectivity index (χ3v) is 14.7. The van der Waals surface area contributed by atoms with Gasteiger partial charge >= 0.3 is 0 Å². The van der Waals surface area contributed by atoms with Crippen LogP contribution in [0.3, 0.4) is 0 Å². The maximum Gasteiger partial charge on any atom is 0.246 e. The summed E-state index contributed by atoms with van der Waals surface area (Å²) in [6.07, 6.45) is 2.77. The van der Waals surface area contributed by atoms with E-state index in [2.05, 4.69) is 16.0 Å². The fraction of sp³-hybridized carbons (Fsp3) is 0.768. The minimum Gasteiger partial charge on any atom is -0.390 e. The van der Waals surface area contributed by atoms with E-state index < -0.39 is 132 Å². The van der Waals surface area contributed by atoms with Crippen molar-refractivity contribution >= 4 is 65.0 Å². The summed E-state index contributed by atoms with van der Waals surface area (Å²) < 4.78 is 0. The number of rotatable bonds is 32. The molecule has 0 radical (unpaired) electrons. The van der Waals surface area contributed by atoms with Gasteiger partial charge in [-0.15, -0.1) is 0 Å². The van der Waals surface area contributed by atoms with Crippen LogP contribution in [0.5, 0.6) is 0 Å². The molecule has 6 N–H and O–H groups in total. The second kappa shape index (κ2) is 33.5. The molecule has 79 heavy (non-hydrogen) atoms. The minimum atomic E-state index is -1.59. The molecule has 11 atom stereocenters. The number of amides is 11. The van der Waals surface area contributed by atoms with Crippen molar-refractivity contribution in [2.45, 2.75) is 184 Å². The molecule has 1 unspecified atom stereocenters. The molecule has 11 amide bonds. The highest BCUT2D eigenvalue weighted by Crippen LogP contribution is 2.25. The topological polar surface area (TPSA) is 293 Å². The Morgan fingerprint density at radius 3 is 1.43 bits per heavy atom. The number of carbonyl (C=O) groups is 11. The van der Waals surface area contributed by atoms with E-state index in [-0.39, 0.29) is 55.4 Å². The Kier molecular flexibility index (Phi) is 30.9. The van der Waals surface area contributed by atoms with Gasteiger partial charge in [-0.3, -0.25) is 52.7 Å². The van der Waals surface area contributed by atoms with Crippen molar-refractivity contribution in [1.82, 2.24) is 50.2 Å². The van der Waals surface area contributed by atoms with Gasteiger partial charge in [0.1, 0.15) is 48.3 Å². The van der Waals surface area contributed by atoms with E-state index in [1.807, 2.05) is 41.5 Å². The number of nitrogens with zero attached hydrogens (tertiary/aromatic N) is 7. The Morgan fingerprint density at radius 2 is 0.987 bits per heavy atom. The predicted octanol–water partition coefficient (Wildman–Crippen LogP) is 1.45. The van der Waals surface area contributed by atoms with Crippen LogP contribution in [0.4, 0.5) is 0 Å². The number of nitrogens with two attached hydrogens (primary N) is 1. The molecule has 0 heterocycles. The quantitative estimate of drug-likeness (QED) is 0.0599. The molecule has 0 aliphatic heterocycles. The Labute approximate surface area is 471 Å². The molecule has 0 saturated heterocycles. The van der Waals surface area contributed by atoms with Gasteiger partial charge in [-0.2, -0.15) is 0 Å². The van der Waals surface area contributed by atoms with Crippen molar-refractivity contribution in [2.75, 3.05) is 62.4 Å². The van der Waals surface area contributed by atoms with Crippen molar-refractivity contribution in [3.8, 4) is 0 Å². The molecule has 23 heteroatoms. The Morgan fingerprint density at radius 1 is 0.519 bits per heavy atom. The first-order chi connectivity index (χ1) is 36.3. The normalized spacial score (nSPS) is 15.8. The van der Waals surface area contributed by atoms with E-state index in [0.29, 0.717) is 6.42 Å². The van der Waals surface area contributed by atoms with E-state index >= 15 is 0 Å². The lowest BCUT2D eigenvalue weighted by Gasteiger charge is -2.41. The SMILES string of the molecule is C/C=C\C[C@@H](C)[C@H](O)C(C(=O)N[C@@H](CC)C(=O)N(C)CC(=O)N(C)[C@@H](C)C(N)=O)N(C)C(=O)[C@@H](C(C)C)N(C)C(=O)[C@@H](CC(C)C)N(C)C(=O)[C@@H](CC(C)C)N(C)C(=O)[C@H](C)NC(=O)[C@@H](C)NC(=O)CN(C)C(=O)[C@H](C)C(C)C. The van der Waals surface area contributed by atoms with Crippen LogP contribution in [0.2, 0.25) is 0 Å². The smallest absolute Gasteiger partial charge is 0.246 e. The zero-order valence-corrected chi connectivity index (χ0v) is 51.7. The molecule has 0 aromatic rings. The van der Waals surface area contributed by atoms with Crippen LogP contribution in [0.25, 0.3) is 0 Å². The third-order valence-electron chi connectivity index (χ3n) is 14.7. The van der Waals surface area contributed by atoms with E-state index in [1.54, 1.807) is 53.7 Å². The number of likely N-dealkylation sites (N-methyl/N-ethyl adjacent to an activating group) is 7. The summed E-state index contributed by atoms with van der Waals surface area (Å²) in [5.41, 5.74) is 5.37. The number of nitrogens with one attached hydrogen (secondary N) is 3. The van der Waals surface area contributed by atoms with Gasteiger partial charge < -0.3 is 61.1 Å². The predicted molar refractivity (Wildman–Crippen MR) is 303 cm³/mol. The maximum atomic E-state index is 15.0. The Hall–Kier alpha value is -6.13. The summed E-state index contributed by atoms with van der Waals surface area (Å²) in [5.74, 6) is -8.60. The van der Waals surface area contributed by atoms with Gasteiger partial charge in [0.15, 0.2) is 0 Å². The molecule has 0 aromatic carbocycles. The monoisotopic (exact) mass is 1120 g/mol. The summed E-state index contributed by atoms with van der Waals surface area (Å²) >= 11 is 0. The van der Waals surface area contributed by atoms with E-state index in [0.717, 1.165) is 14.7 Å². The fourth-order valence-corrected chi connectivity index (χ4v) is 8.91. The largest absolute Gasteiger partial charge is 0.390 e. The lowest BCUT2D eigenvalue weighted by Crippen LogP contribution is -2.63. The maximum absolute atomic E-state index is 15.0. The molecule has 0 aliphatic carbocycles. The number of primary amides is 1. The Bertz CT molecular complexity index is 2140. The van der Waals surface area contributed by atoms with Crippen LogP contribution in [-0.4, -0.2) is 221 Å². The first-order valence-electron chi connectivity index (χ1n) is 27.6. The highest BCUT2D eigenvalue weighted by molar-refractivity contribution is 5.98. The van der Waals surface area contributed by atoms with Gasteiger partial charge in [0.2, 0.25) is 65.0 Å². The number of hydrogen-bond donors (Lipinski definition) is 5. The molecule has 452 valence electrons. The average Bonchev–Trinajstić information content (AvgIpc) is 3.37. The summed E-state index contributed by atoms with van der Waals surface area (Å²) in [7, 11) is 9.88. The number of aliphatic hydroxyl groups excluding tert-OH is 1. The molecule has 23 nitrogen and oxygen atoms in total. The van der Waals surface area contributed by atoms with E-state index in [9.17, 15) is 57.8 Å². The molecule has 0 fully saturated rings. The van der Waals surface area contributed by atoms with Gasteiger partial charge in [0.05, 0.1) is 19.2 Å².